The quantitative estimate of drug-likeness (QED) is 0.522. The maximum atomic E-state index is 8.90. The van der Waals surface area contributed by atoms with Crippen molar-refractivity contribution >= 4 is 0 Å². The summed E-state index contributed by atoms with van der Waals surface area (Å²) in [5, 5.41) is 8.90. The minimum atomic E-state index is -0.0219. The van der Waals surface area contributed by atoms with Crippen molar-refractivity contribution in [3.8, 4) is 6.07 Å². The van der Waals surface area contributed by atoms with Crippen LogP contribution in [0, 0.1) is 28.6 Å². The van der Waals surface area contributed by atoms with Crippen LogP contribution in [-0.2, 0) is 0 Å². The molecule has 0 spiro atoms. The second-order valence-corrected chi connectivity index (χ2v) is 4.37. The molecule has 0 radical (unpaired) electrons. The minimum Gasteiger partial charge on any atom is -0.198 e. The highest BCUT2D eigenvalue weighted by Gasteiger charge is 2.33. The zero-order valence-corrected chi connectivity index (χ0v) is 7.72. The molecular weight excluding hydrogens is 134 g/mol. The maximum Gasteiger partial charge on any atom is 0.0686 e. The van der Waals surface area contributed by atoms with Crippen molar-refractivity contribution in [2.24, 2.45) is 17.3 Å². The van der Waals surface area contributed by atoms with E-state index >= 15 is 0 Å². The van der Waals surface area contributed by atoms with Gasteiger partial charge >= 0.3 is 0 Å². The molecule has 0 aliphatic heterocycles. The molecule has 0 heterocycles. The van der Waals surface area contributed by atoms with E-state index in [1.54, 1.807) is 0 Å². The number of nitrogens with zero attached hydrogens (tertiary/aromatic N) is 1. The summed E-state index contributed by atoms with van der Waals surface area (Å²) < 4.78 is 0. The van der Waals surface area contributed by atoms with Crippen LogP contribution in [0.15, 0.2) is 0 Å². The van der Waals surface area contributed by atoms with E-state index in [9.17, 15) is 0 Å². The monoisotopic (exact) mass is 151 g/mol. The molecule has 0 amide bonds. The summed E-state index contributed by atoms with van der Waals surface area (Å²) in [6.45, 7) is 6.65. The van der Waals surface area contributed by atoms with Crippen LogP contribution in [0.1, 0.15) is 40.0 Å². The molecule has 1 heteroatoms. The first-order valence-corrected chi connectivity index (χ1v) is 4.49. The Labute approximate surface area is 69.4 Å². The first-order chi connectivity index (χ1) is 5.07. The summed E-state index contributed by atoms with van der Waals surface area (Å²) in [6, 6.07) is 2.43. The van der Waals surface area contributed by atoms with Gasteiger partial charge in [-0.1, -0.05) is 13.8 Å². The van der Waals surface area contributed by atoms with Crippen molar-refractivity contribution in [3.05, 3.63) is 0 Å². The topological polar surface area (TPSA) is 23.8 Å². The lowest BCUT2D eigenvalue weighted by Crippen LogP contribution is -2.27. The van der Waals surface area contributed by atoms with Gasteiger partial charge in [-0.05, 0) is 38.0 Å². The summed E-state index contributed by atoms with van der Waals surface area (Å²) in [5.74, 6) is 1.55. The molecule has 0 N–H and O–H groups in total. The number of rotatable bonds is 0. The molecule has 62 valence electrons. The molecule has 1 aliphatic rings. The maximum absolute atomic E-state index is 8.90. The second-order valence-electron chi connectivity index (χ2n) is 4.37. The summed E-state index contributed by atoms with van der Waals surface area (Å²) in [5.41, 5.74) is -0.0219. The van der Waals surface area contributed by atoms with Gasteiger partial charge in [-0.15, -0.1) is 0 Å². The summed E-state index contributed by atoms with van der Waals surface area (Å²) in [4.78, 5) is 0. The predicted molar refractivity (Wildman–Crippen MR) is 45.9 cm³/mol. The Morgan fingerprint density at radius 3 is 2.45 bits per heavy atom. The van der Waals surface area contributed by atoms with Gasteiger partial charge in [-0.3, -0.25) is 0 Å². The van der Waals surface area contributed by atoms with E-state index in [4.69, 9.17) is 5.26 Å². The Morgan fingerprint density at radius 2 is 2.00 bits per heavy atom. The molecule has 0 aromatic carbocycles. The van der Waals surface area contributed by atoms with Crippen LogP contribution in [0.5, 0.6) is 0 Å². The molecular formula is C10H17N. The highest BCUT2D eigenvalue weighted by molar-refractivity contribution is 4.99. The summed E-state index contributed by atoms with van der Waals surface area (Å²) in [6.07, 6.45) is 3.41. The van der Waals surface area contributed by atoms with E-state index in [1.807, 2.05) is 0 Å². The first kappa shape index (κ1) is 8.59. The van der Waals surface area contributed by atoms with E-state index in [0.717, 1.165) is 24.7 Å². The molecule has 1 fully saturated rings. The van der Waals surface area contributed by atoms with E-state index in [1.165, 1.54) is 6.42 Å². The molecule has 0 aromatic rings. The fourth-order valence-electron chi connectivity index (χ4n) is 1.95. The Hall–Kier alpha value is -0.510. The zero-order chi connectivity index (χ0) is 8.48. The van der Waals surface area contributed by atoms with Crippen molar-refractivity contribution in [2.75, 3.05) is 0 Å². The van der Waals surface area contributed by atoms with E-state index < -0.39 is 0 Å². The van der Waals surface area contributed by atoms with Gasteiger partial charge in [0.15, 0.2) is 0 Å². The number of nitriles is 1. The van der Waals surface area contributed by atoms with Crippen molar-refractivity contribution in [1.29, 1.82) is 5.26 Å². The van der Waals surface area contributed by atoms with Crippen molar-refractivity contribution in [2.45, 2.75) is 40.0 Å². The predicted octanol–water partition coefficient (Wildman–Crippen LogP) is 2.97. The van der Waals surface area contributed by atoms with Gasteiger partial charge in [0, 0.05) is 0 Å². The Bertz CT molecular complexity index is 180. The molecule has 1 aliphatic carbocycles. The molecule has 1 rings (SSSR count). The highest BCUT2D eigenvalue weighted by atomic mass is 14.4. The van der Waals surface area contributed by atoms with E-state index in [0.29, 0.717) is 0 Å². The highest BCUT2D eigenvalue weighted by Crippen LogP contribution is 2.41. The molecule has 0 saturated heterocycles. The SMILES string of the molecule is CC1CCC(C)(C#N)CC1C. The van der Waals surface area contributed by atoms with Gasteiger partial charge < -0.3 is 0 Å². The Kier molecular flexibility index (Phi) is 2.23. The Balaban J connectivity index is 2.61. The van der Waals surface area contributed by atoms with Crippen LogP contribution < -0.4 is 0 Å². The number of hydrogen-bond acceptors (Lipinski definition) is 1. The molecule has 1 saturated carbocycles. The third-order valence-corrected chi connectivity index (χ3v) is 3.17. The lowest BCUT2D eigenvalue weighted by atomic mass is 9.68. The third kappa shape index (κ3) is 1.74. The lowest BCUT2D eigenvalue weighted by molar-refractivity contribution is 0.170. The lowest BCUT2D eigenvalue weighted by Gasteiger charge is -2.35. The van der Waals surface area contributed by atoms with Crippen molar-refractivity contribution < 1.29 is 0 Å². The van der Waals surface area contributed by atoms with Crippen LogP contribution in [0.4, 0.5) is 0 Å². The standard InChI is InChI=1S/C10H17N/c1-8-4-5-10(3,7-11)6-9(8)2/h8-9H,4-6H2,1-3H3. The van der Waals surface area contributed by atoms with Gasteiger partial charge in [-0.2, -0.15) is 5.26 Å². The molecule has 0 aromatic heterocycles. The van der Waals surface area contributed by atoms with E-state index in [-0.39, 0.29) is 5.41 Å². The van der Waals surface area contributed by atoms with Gasteiger partial charge in [0.25, 0.3) is 0 Å². The van der Waals surface area contributed by atoms with Crippen LogP contribution in [0.25, 0.3) is 0 Å². The van der Waals surface area contributed by atoms with Gasteiger partial charge in [-0.25, -0.2) is 0 Å². The summed E-state index contributed by atoms with van der Waals surface area (Å²) in [7, 11) is 0. The zero-order valence-electron chi connectivity index (χ0n) is 7.72. The van der Waals surface area contributed by atoms with Gasteiger partial charge in [0.05, 0.1) is 11.5 Å². The largest absolute Gasteiger partial charge is 0.198 e. The van der Waals surface area contributed by atoms with Gasteiger partial charge in [0.2, 0.25) is 0 Å². The smallest absolute Gasteiger partial charge is 0.0686 e. The van der Waals surface area contributed by atoms with E-state index in [2.05, 4.69) is 26.8 Å². The molecule has 3 unspecified atom stereocenters. The fourth-order valence-corrected chi connectivity index (χ4v) is 1.95. The van der Waals surface area contributed by atoms with Gasteiger partial charge in [0.1, 0.15) is 0 Å². The average Bonchev–Trinajstić information content (AvgIpc) is 1.98. The normalized spacial score (nSPS) is 44.9. The molecule has 1 nitrogen and oxygen atoms in total. The molecule has 3 atom stereocenters. The fraction of sp³-hybridized carbons (Fsp3) is 0.900. The van der Waals surface area contributed by atoms with Crippen LogP contribution in [0.3, 0.4) is 0 Å². The van der Waals surface area contributed by atoms with Crippen LogP contribution >= 0.6 is 0 Å². The van der Waals surface area contributed by atoms with Crippen molar-refractivity contribution in [1.82, 2.24) is 0 Å². The number of hydrogen-bond donors (Lipinski definition) is 0. The second kappa shape index (κ2) is 2.85. The average molecular weight is 151 g/mol. The first-order valence-electron chi connectivity index (χ1n) is 4.49. The third-order valence-electron chi connectivity index (χ3n) is 3.17. The van der Waals surface area contributed by atoms with Crippen LogP contribution in [0.2, 0.25) is 0 Å². The molecule has 11 heavy (non-hydrogen) atoms. The van der Waals surface area contributed by atoms with Crippen LogP contribution in [-0.4, -0.2) is 0 Å². The summed E-state index contributed by atoms with van der Waals surface area (Å²) >= 11 is 0. The molecule has 0 bridgehead atoms. The minimum absolute atomic E-state index is 0.0219. The van der Waals surface area contributed by atoms with Crippen molar-refractivity contribution in [3.63, 3.8) is 0 Å². The Morgan fingerprint density at radius 1 is 1.36 bits per heavy atom.